The number of nitrogens with one attached hydrogen (secondary N) is 2. The molecule has 0 spiro atoms. The molecule has 8 heteroatoms. The summed E-state index contributed by atoms with van der Waals surface area (Å²) < 4.78 is 15.4. The second kappa shape index (κ2) is 9.24. The highest BCUT2D eigenvalue weighted by atomic mass is 16.7. The van der Waals surface area contributed by atoms with Crippen LogP contribution >= 0.6 is 0 Å². The number of anilines is 1. The Balaban J connectivity index is 1.86. The normalized spacial score (nSPS) is 17.0. The van der Waals surface area contributed by atoms with Gasteiger partial charge in [0.25, 0.3) is 0 Å². The fourth-order valence-corrected chi connectivity index (χ4v) is 2.62. The van der Waals surface area contributed by atoms with E-state index in [0.29, 0.717) is 13.2 Å². The van der Waals surface area contributed by atoms with Gasteiger partial charge in [-0.3, -0.25) is 4.79 Å². The second-order valence-electron chi connectivity index (χ2n) is 5.59. The summed E-state index contributed by atoms with van der Waals surface area (Å²) in [5.74, 6) is 0.735. The van der Waals surface area contributed by atoms with Gasteiger partial charge in [-0.25, -0.2) is 4.79 Å². The topological polar surface area (TPSA) is 89.1 Å². The third-order valence-corrected chi connectivity index (χ3v) is 3.87. The molecule has 1 aromatic carbocycles. The molecule has 1 aromatic rings. The number of amides is 3. The molecule has 1 aliphatic rings. The zero-order valence-electron chi connectivity index (χ0n) is 14.8. The van der Waals surface area contributed by atoms with Crippen LogP contribution in [0.2, 0.25) is 0 Å². The molecule has 1 heterocycles. The van der Waals surface area contributed by atoms with Crippen LogP contribution in [0.25, 0.3) is 0 Å². The SMILES string of the molecule is CCOc1ccc(N2CC(NC(=O)NCC(OC)OC)CC2=O)cc1. The maximum Gasteiger partial charge on any atom is 0.315 e. The lowest BCUT2D eigenvalue weighted by Crippen LogP contribution is -2.46. The predicted molar refractivity (Wildman–Crippen MR) is 92.7 cm³/mol. The first-order valence-electron chi connectivity index (χ1n) is 8.20. The minimum Gasteiger partial charge on any atom is -0.494 e. The number of benzene rings is 1. The number of carbonyl (C=O) groups excluding carboxylic acids is 2. The smallest absolute Gasteiger partial charge is 0.315 e. The third kappa shape index (κ3) is 5.33. The average Bonchev–Trinajstić information content (AvgIpc) is 2.97. The number of urea groups is 1. The van der Waals surface area contributed by atoms with Crippen LogP contribution in [0.3, 0.4) is 0 Å². The van der Waals surface area contributed by atoms with Crippen LogP contribution in [0.15, 0.2) is 24.3 Å². The van der Waals surface area contributed by atoms with Gasteiger partial charge in [-0.1, -0.05) is 0 Å². The van der Waals surface area contributed by atoms with E-state index in [9.17, 15) is 9.59 Å². The maximum atomic E-state index is 12.2. The summed E-state index contributed by atoms with van der Waals surface area (Å²) in [6, 6.07) is 6.73. The molecule has 0 aliphatic carbocycles. The van der Waals surface area contributed by atoms with Gasteiger partial charge in [-0.2, -0.15) is 0 Å². The molecule has 1 atom stereocenters. The Morgan fingerprint density at radius 2 is 1.96 bits per heavy atom. The molecular formula is C17H25N3O5. The Kier molecular flexibility index (Phi) is 7.03. The van der Waals surface area contributed by atoms with E-state index in [2.05, 4.69) is 10.6 Å². The molecule has 0 saturated carbocycles. The van der Waals surface area contributed by atoms with E-state index in [1.807, 2.05) is 31.2 Å². The van der Waals surface area contributed by atoms with Gasteiger partial charge in [0.05, 0.1) is 19.2 Å². The number of nitrogens with zero attached hydrogens (tertiary/aromatic N) is 1. The van der Waals surface area contributed by atoms with E-state index < -0.39 is 6.29 Å². The first-order chi connectivity index (χ1) is 12.1. The van der Waals surface area contributed by atoms with Crippen molar-refractivity contribution in [3.8, 4) is 5.75 Å². The standard InChI is InChI=1S/C17H25N3O5/c1-4-25-14-7-5-13(6-8-14)20-11-12(9-15(20)21)19-17(22)18-10-16(23-2)24-3/h5-8,12,16H,4,9-11H2,1-3H3,(H2,18,19,22). The lowest BCUT2D eigenvalue weighted by atomic mass is 10.2. The fourth-order valence-electron chi connectivity index (χ4n) is 2.62. The van der Waals surface area contributed by atoms with Gasteiger partial charge >= 0.3 is 6.03 Å². The number of hydrogen-bond donors (Lipinski definition) is 2. The van der Waals surface area contributed by atoms with Gasteiger partial charge in [0.15, 0.2) is 6.29 Å². The third-order valence-electron chi connectivity index (χ3n) is 3.87. The fraction of sp³-hybridized carbons (Fsp3) is 0.529. The van der Waals surface area contributed by atoms with E-state index in [1.54, 1.807) is 4.90 Å². The van der Waals surface area contributed by atoms with E-state index in [1.165, 1.54) is 14.2 Å². The molecule has 1 unspecified atom stereocenters. The number of methoxy groups -OCH3 is 2. The highest BCUT2D eigenvalue weighted by molar-refractivity contribution is 5.96. The van der Waals surface area contributed by atoms with Crippen LogP contribution in [0.4, 0.5) is 10.5 Å². The molecule has 1 fully saturated rings. The molecule has 0 radical (unpaired) electrons. The molecule has 1 aliphatic heterocycles. The minimum atomic E-state index is -0.503. The van der Waals surface area contributed by atoms with Gasteiger partial charge < -0.3 is 29.7 Å². The summed E-state index contributed by atoms with van der Waals surface area (Å²) in [4.78, 5) is 25.8. The molecule has 25 heavy (non-hydrogen) atoms. The van der Waals surface area contributed by atoms with E-state index in [0.717, 1.165) is 11.4 Å². The minimum absolute atomic E-state index is 0.0267. The van der Waals surface area contributed by atoms with E-state index in [4.69, 9.17) is 14.2 Å². The molecule has 1 saturated heterocycles. The Hall–Kier alpha value is -2.32. The largest absolute Gasteiger partial charge is 0.494 e. The quantitative estimate of drug-likeness (QED) is 0.685. The van der Waals surface area contributed by atoms with Gasteiger partial charge in [0.2, 0.25) is 5.91 Å². The molecule has 8 nitrogen and oxygen atoms in total. The van der Waals surface area contributed by atoms with Crippen LogP contribution in [0.5, 0.6) is 5.75 Å². The van der Waals surface area contributed by atoms with E-state index in [-0.39, 0.29) is 30.9 Å². The molecule has 0 aromatic heterocycles. The molecule has 2 rings (SSSR count). The van der Waals surface area contributed by atoms with Crippen LogP contribution in [0.1, 0.15) is 13.3 Å². The second-order valence-corrected chi connectivity index (χ2v) is 5.59. The van der Waals surface area contributed by atoms with Crippen molar-refractivity contribution in [1.29, 1.82) is 0 Å². The Labute approximate surface area is 147 Å². The van der Waals surface area contributed by atoms with Crippen molar-refractivity contribution in [3.63, 3.8) is 0 Å². The maximum absolute atomic E-state index is 12.2. The van der Waals surface area contributed by atoms with Crippen LogP contribution in [-0.4, -0.2) is 58.2 Å². The molecule has 138 valence electrons. The van der Waals surface area contributed by atoms with Crippen molar-refractivity contribution in [2.24, 2.45) is 0 Å². The zero-order valence-corrected chi connectivity index (χ0v) is 14.8. The van der Waals surface area contributed by atoms with Gasteiger partial charge in [0, 0.05) is 32.9 Å². The molecule has 3 amide bonds. The van der Waals surface area contributed by atoms with Crippen molar-refractivity contribution in [1.82, 2.24) is 10.6 Å². The summed E-state index contributed by atoms with van der Waals surface area (Å²) in [6.07, 6.45) is -0.241. The van der Waals surface area contributed by atoms with Gasteiger partial charge in [0.1, 0.15) is 5.75 Å². The highest BCUT2D eigenvalue weighted by Crippen LogP contribution is 2.24. The highest BCUT2D eigenvalue weighted by Gasteiger charge is 2.31. The van der Waals surface area contributed by atoms with Crippen LogP contribution < -0.4 is 20.3 Å². The predicted octanol–water partition coefficient (Wildman–Crippen LogP) is 1.11. The van der Waals surface area contributed by atoms with Crippen molar-refractivity contribution in [2.75, 3.05) is 38.8 Å². The lowest BCUT2D eigenvalue weighted by Gasteiger charge is -2.18. The lowest BCUT2D eigenvalue weighted by molar-refractivity contribution is -0.117. The monoisotopic (exact) mass is 351 g/mol. The zero-order chi connectivity index (χ0) is 18.2. The van der Waals surface area contributed by atoms with Crippen molar-refractivity contribution in [3.05, 3.63) is 24.3 Å². The molecule has 2 N–H and O–H groups in total. The summed E-state index contributed by atoms with van der Waals surface area (Å²) in [5.41, 5.74) is 0.789. The number of ether oxygens (including phenoxy) is 3. The Bertz CT molecular complexity index is 574. The first kappa shape index (κ1) is 19.0. The van der Waals surface area contributed by atoms with Crippen molar-refractivity contribution < 1.29 is 23.8 Å². The molecular weight excluding hydrogens is 326 g/mol. The average molecular weight is 351 g/mol. The Morgan fingerprint density at radius 3 is 2.56 bits per heavy atom. The summed E-state index contributed by atoms with van der Waals surface area (Å²) in [6.45, 7) is 3.16. The summed E-state index contributed by atoms with van der Waals surface area (Å²) in [7, 11) is 3.00. The number of rotatable bonds is 8. The Morgan fingerprint density at radius 1 is 1.28 bits per heavy atom. The van der Waals surface area contributed by atoms with Crippen LogP contribution in [-0.2, 0) is 14.3 Å². The van der Waals surface area contributed by atoms with Gasteiger partial charge in [-0.05, 0) is 31.2 Å². The number of hydrogen-bond acceptors (Lipinski definition) is 5. The van der Waals surface area contributed by atoms with Gasteiger partial charge in [-0.15, -0.1) is 0 Å². The first-order valence-corrected chi connectivity index (χ1v) is 8.20. The molecule has 0 bridgehead atoms. The van der Waals surface area contributed by atoms with Crippen molar-refractivity contribution >= 4 is 17.6 Å². The van der Waals surface area contributed by atoms with Crippen LogP contribution in [0, 0.1) is 0 Å². The summed E-state index contributed by atoms with van der Waals surface area (Å²) >= 11 is 0. The number of carbonyl (C=O) groups is 2. The van der Waals surface area contributed by atoms with E-state index >= 15 is 0 Å². The summed E-state index contributed by atoms with van der Waals surface area (Å²) in [5, 5.41) is 5.45. The van der Waals surface area contributed by atoms with Crippen molar-refractivity contribution in [2.45, 2.75) is 25.7 Å².